The zero-order valence-electron chi connectivity index (χ0n) is 11.5. The number of carbonyl (C=O) groups is 2. The predicted molar refractivity (Wildman–Crippen MR) is 75.8 cm³/mol. The van der Waals surface area contributed by atoms with Crippen LogP contribution in [0.1, 0.15) is 19.8 Å². The van der Waals surface area contributed by atoms with Gasteiger partial charge >= 0.3 is 0 Å². The molecule has 2 amide bonds. The van der Waals surface area contributed by atoms with E-state index in [9.17, 15) is 14.4 Å². The maximum Gasteiger partial charge on any atom is 0.251 e. The van der Waals surface area contributed by atoms with E-state index in [1.807, 2.05) is 6.92 Å². The first kappa shape index (κ1) is 15.7. The molecule has 0 aliphatic heterocycles. The zero-order valence-corrected chi connectivity index (χ0v) is 11.5. The van der Waals surface area contributed by atoms with E-state index in [2.05, 4.69) is 0 Å². The number of amides is 2. The van der Waals surface area contributed by atoms with Crippen molar-refractivity contribution in [3.05, 3.63) is 28.7 Å². The van der Waals surface area contributed by atoms with Crippen LogP contribution < -0.4 is 17.0 Å². The van der Waals surface area contributed by atoms with E-state index in [4.69, 9.17) is 11.5 Å². The molecule has 4 N–H and O–H groups in total. The van der Waals surface area contributed by atoms with Crippen LogP contribution in [-0.2, 0) is 16.1 Å². The van der Waals surface area contributed by atoms with Gasteiger partial charge in [0.05, 0.1) is 6.54 Å². The number of primary amides is 1. The van der Waals surface area contributed by atoms with Crippen LogP contribution in [0.25, 0.3) is 0 Å². The Morgan fingerprint density at radius 3 is 2.65 bits per heavy atom. The van der Waals surface area contributed by atoms with E-state index in [0.29, 0.717) is 12.2 Å². The molecule has 0 bridgehead atoms. The Labute approximate surface area is 117 Å². The van der Waals surface area contributed by atoms with Crippen molar-refractivity contribution in [2.75, 3.05) is 18.8 Å². The van der Waals surface area contributed by atoms with Gasteiger partial charge in [-0.05, 0) is 12.5 Å². The number of aromatic nitrogens is 1. The number of hydrogen-bond acceptors (Lipinski definition) is 4. The molecule has 0 radical (unpaired) electrons. The molecule has 20 heavy (non-hydrogen) atoms. The first-order valence-corrected chi connectivity index (χ1v) is 6.46. The fourth-order valence-corrected chi connectivity index (χ4v) is 1.75. The normalized spacial score (nSPS) is 10.2. The average Bonchev–Trinajstić information content (AvgIpc) is 2.38. The van der Waals surface area contributed by atoms with Crippen LogP contribution in [0, 0.1) is 0 Å². The van der Waals surface area contributed by atoms with Crippen molar-refractivity contribution in [3.63, 3.8) is 0 Å². The molecule has 0 saturated carbocycles. The number of anilines is 1. The maximum atomic E-state index is 12.1. The highest BCUT2D eigenvalue weighted by Gasteiger charge is 2.16. The highest BCUT2D eigenvalue weighted by molar-refractivity contribution is 5.83. The predicted octanol–water partition coefficient (Wildman–Crippen LogP) is -0.455. The van der Waals surface area contributed by atoms with Crippen LogP contribution in [0.5, 0.6) is 0 Å². The molecular weight excluding hydrogens is 260 g/mol. The maximum absolute atomic E-state index is 12.1. The molecular formula is C13H20N4O3. The van der Waals surface area contributed by atoms with E-state index in [-0.39, 0.29) is 24.6 Å². The molecule has 1 aromatic rings. The summed E-state index contributed by atoms with van der Waals surface area (Å²) >= 11 is 0. The van der Waals surface area contributed by atoms with Gasteiger partial charge in [0.25, 0.3) is 5.56 Å². The monoisotopic (exact) mass is 280 g/mol. The Bertz CT molecular complexity index is 539. The molecule has 0 fully saturated rings. The summed E-state index contributed by atoms with van der Waals surface area (Å²) < 4.78 is 1.22. The van der Waals surface area contributed by atoms with Gasteiger partial charge < -0.3 is 20.9 Å². The molecule has 0 spiro atoms. The second-order valence-electron chi connectivity index (χ2n) is 4.56. The Balaban J connectivity index is 2.81. The van der Waals surface area contributed by atoms with Crippen molar-refractivity contribution < 1.29 is 9.59 Å². The van der Waals surface area contributed by atoms with Gasteiger partial charge in [-0.2, -0.15) is 0 Å². The molecule has 0 aliphatic carbocycles. The number of carbonyl (C=O) groups excluding carboxylic acids is 2. The molecule has 0 aromatic carbocycles. The lowest BCUT2D eigenvalue weighted by atomic mass is 10.3. The second kappa shape index (κ2) is 7.32. The standard InChI is InChI=1S/C13H20N4O3/c1-2-3-6-16(8-11(15)18)13(20)9-17-7-10(14)4-5-12(17)19/h4-5,7H,2-3,6,8-9,14H2,1H3,(H2,15,18). The van der Waals surface area contributed by atoms with E-state index >= 15 is 0 Å². The number of nitrogens with zero attached hydrogens (tertiary/aromatic N) is 2. The Morgan fingerprint density at radius 1 is 1.35 bits per heavy atom. The summed E-state index contributed by atoms with van der Waals surface area (Å²) in [5.41, 5.74) is 10.8. The lowest BCUT2D eigenvalue weighted by Gasteiger charge is -2.21. The molecule has 0 unspecified atom stereocenters. The summed E-state index contributed by atoms with van der Waals surface area (Å²) in [5.74, 6) is -0.903. The van der Waals surface area contributed by atoms with E-state index in [1.165, 1.54) is 27.8 Å². The van der Waals surface area contributed by atoms with E-state index in [0.717, 1.165) is 12.8 Å². The van der Waals surface area contributed by atoms with Gasteiger partial charge in [-0.25, -0.2) is 0 Å². The Morgan fingerprint density at radius 2 is 2.05 bits per heavy atom. The third kappa shape index (κ3) is 4.75. The zero-order chi connectivity index (χ0) is 15.1. The largest absolute Gasteiger partial charge is 0.398 e. The van der Waals surface area contributed by atoms with Crippen molar-refractivity contribution in [1.29, 1.82) is 0 Å². The summed E-state index contributed by atoms with van der Waals surface area (Å²) in [7, 11) is 0. The van der Waals surface area contributed by atoms with Gasteiger partial charge in [0.1, 0.15) is 6.54 Å². The molecule has 110 valence electrons. The second-order valence-corrected chi connectivity index (χ2v) is 4.56. The lowest BCUT2D eigenvalue weighted by Crippen LogP contribution is -2.41. The SMILES string of the molecule is CCCCN(CC(N)=O)C(=O)Cn1cc(N)ccc1=O. The van der Waals surface area contributed by atoms with Gasteiger partial charge in [-0.15, -0.1) is 0 Å². The molecule has 0 atom stereocenters. The topological polar surface area (TPSA) is 111 Å². The highest BCUT2D eigenvalue weighted by atomic mass is 16.2. The van der Waals surface area contributed by atoms with Crippen LogP contribution in [0.15, 0.2) is 23.1 Å². The number of rotatable bonds is 7. The van der Waals surface area contributed by atoms with Gasteiger partial charge in [-0.3, -0.25) is 14.4 Å². The van der Waals surface area contributed by atoms with E-state index in [1.54, 1.807) is 0 Å². The number of unbranched alkanes of at least 4 members (excludes halogenated alkanes) is 1. The van der Waals surface area contributed by atoms with Crippen molar-refractivity contribution in [2.45, 2.75) is 26.3 Å². The first-order chi connectivity index (χ1) is 9.43. The number of hydrogen-bond donors (Lipinski definition) is 2. The fourth-order valence-electron chi connectivity index (χ4n) is 1.75. The Hall–Kier alpha value is -2.31. The molecule has 1 aromatic heterocycles. The fraction of sp³-hybridized carbons (Fsp3) is 0.462. The highest BCUT2D eigenvalue weighted by Crippen LogP contribution is 2.00. The van der Waals surface area contributed by atoms with Crippen molar-refractivity contribution in [2.24, 2.45) is 5.73 Å². The quantitative estimate of drug-likeness (QED) is 0.704. The number of nitrogens with two attached hydrogens (primary N) is 2. The summed E-state index contributed by atoms with van der Waals surface area (Å²) in [4.78, 5) is 36.1. The minimum Gasteiger partial charge on any atom is -0.398 e. The van der Waals surface area contributed by atoms with Crippen LogP contribution >= 0.6 is 0 Å². The smallest absolute Gasteiger partial charge is 0.251 e. The molecule has 1 rings (SSSR count). The summed E-state index contributed by atoms with van der Waals surface area (Å²) in [6.07, 6.45) is 3.06. The minimum atomic E-state index is -0.575. The average molecular weight is 280 g/mol. The lowest BCUT2D eigenvalue weighted by molar-refractivity contribution is -0.135. The summed E-state index contributed by atoms with van der Waals surface area (Å²) in [6.45, 7) is 2.13. The molecule has 0 aliphatic rings. The van der Waals surface area contributed by atoms with Gasteiger partial charge in [-0.1, -0.05) is 13.3 Å². The number of nitrogen functional groups attached to an aromatic ring is 1. The third-order valence-corrected chi connectivity index (χ3v) is 2.79. The molecule has 7 heteroatoms. The number of pyridine rings is 1. The minimum absolute atomic E-state index is 0.143. The first-order valence-electron chi connectivity index (χ1n) is 6.46. The molecule has 7 nitrogen and oxygen atoms in total. The van der Waals surface area contributed by atoms with E-state index < -0.39 is 5.91 Å². The van der Waals surface area contributed by atoms with Gasteiger partial charge in [0.2, 0.25) is 11.8 Å². The van der Waals surface area contributed by atoms with Crippen LogP contribution in [-0.4, -0.2) is 34.4 Å². The van der Waals surface area contributed by atoms with Gasteiger partial charge in [0, 0.05) is 24.5 Å². The van der Waals surface area contributed by atoms with Crippen LogP contribution in [0.2, 0.25) is 0 Å². The van der Waals surface area contributed by atoms with Gasteiger partial charge in [0.15, 0.2) is 0 Å². The van der Waals surface area contributed by atoms with Crippen molar-refractivity contribution in [3.8, 4) is 0 Å². The third-order valence-electron chi connectivity index (χ3n) is 2.79. The van der Waals surface area contributed by atoms with Crippen molar-refractivity contribution in [1.82, 2.24) is 9.47 Å². The van der Waals surface area contributed by atoms with Crippen LogP contribution in [0.3, 0.4) is 0 Å². The van der Waals surface area contributed by atoms with Crippen LogP contribution in [0.4, 0.5) is 5.69 Å². The summed E-state index contributed by atoms with van der Waals surface area (Å²) in [5, 5.41) is 0. The Kier molecular flexibility index (Phi) is 5.76. The molecule has 1 heterocycles. The van der Waals surface area contributed by atoms with Crippen molar-refractivity contribution >= 4 is 17.5 Å². The summed E-state index contributed by atoms with van der Waals surface area (Å²) in [6, 6.07) is 2.77. The molecule has 0 saturated heterocycles.